The summed E-state index contributed by atoms with van der Waals surface area (Å²) in [5, 5.41) is 0. The van der Waals surface area contributed by atoms with Crippen molar-refractivity contribution in [2.75, 3.05) is 5.73 Å². The maximum absolute atomic E-state index is 13.5. The lowest BCUT2D eigenvalue weighted by atomic mass is 10.2. The van der Waals surface area contributed by atoms with Crippen LogP contribution in [0, 0.1) is 9.39 Å². The largest absolute Gasteiger partial charge is 0.486 e. The standard InChI is InChI=1S/C13H11FINO/c14-10-6-12(16)11(15)7-13(10)17-8-9-4-2-1-3-5-9/h1-7H,8,16H2. The molecule has 0 aromatic heterocycles. The Morgan fingerprint density at radius 2 is 1.88 bits per heavy atom. The molecule has 0 bridgehead atoms. The SMILES string of the molecule is Nc1cc(F)c(OCc2ccccc2)cc1I. The van der Waals surface area contributed by atoms with E-state index < -0.39 is 5.82 Å². The second kappa shape index (κ2) is 5.35. The van der Waals surface area contributed by atoms with Gasteiger partial charge in [-0.25, -0.2) is 4.39 Å². The smallest absolute Gasteiger partial charge is 0.167 e. The van der Waals surface area contributed by atoms with Crippen LogP contribution in [0.15, 0.2) is 42.5 Å². The Kier molecular flexibility index (Phi) is 3.83. The molecule has 88 valence electrons. The molecule has 0 unspecified atom stereocenters. The number of halogens is 2. The van der Waals surface area contributed by atoms with Crippen molar-refractivity contribution < 1.29 is 9.13 Å². The lowest BCUT2D eigenvalue weighted by Gasteiger charge is -2.09. The first-order valence-electron chi connectivity index (χ1n) is 5.08. The third-order valence-corrected chi connectivity index (χ3v) is 3.22. The zero-order valence-corrected chi connectivity index (χ0v) is 11.1. The van der Waals surface area contributed by atoms with E-state index in [9.17, 15) is 4.39 Å². The fourth-order valence-electron chi connectivity index (χ4n) is 1.39. The van der Waals surface area contributed by atoms with Gasteiger partial charge in [0.2, 0.25) is 0 Å². The average Bonchev–Trinajstić information content (AvgIpc) is 2.33. The minimum atomic E-state index is -0.432. The second-order valence-electron chi connectivity index (χ2n) is 3.58. The van der Waals surface area contributed by atoms with Crippen molar-refractivity contribution in [1.29, 1.82) is 0 Å². The second-order valence-corrected chi connectivity index (χ2v) is 4.74. The van der Waals surface area contributed by atoms with Crippen LogP contribution in [0.1, 0.15) is 5.56 Å². The highest BCUT2D eigenvalue weighted by molar-refractivity contribution is 14.1. The lowest BCUT2D eigenvalue weighted by molar-refractivity contribution is 0.290. The van der Waals surface area contributed by atoms with Crippen molar-refractivity contribution >= 4 is 28.3 Å². The molecule has 0 amide bonds. The molecule has 2 nitrogen and oxygen atoms in total. The monoisotopic (exact) mass is 343 g/mol. The molecule has 17 heavy (non-hydrogen) atoms. The number of hydrogen-bond donors (Lipinski definition) is 1. The van der Waals surface area contributed by atoms with Crippen molar-refractivity contribution in [3.8, 4) is 5.75 Å². The molecular weight excluding hydrogens is 332 g/mol. The Labute approximate surface area is 113 Å². The molecule has 0 fully saturated rings. The Balaban J connectivity index is 2.12. The highest BCUT2D eigenvalue weighted by Gasteiger charge is 2.07. The van der Waals surface area contributed by atoms with Crippen LogP contribution in [0.4, 0.5) is 10.1 Å². The minimum absolute atomic E-state index is 0.229. The maximum Gasteiger partial charge on any atom is 0.167 e. The molecule has 0 aliphatic heterocycles. The van der Waals surface area contributed by atoms with Gasteiger partial charge in [0.1, 0.15) is 6.61 Å². The molecule has 0 radical (unpaired) electrons. The van der Waals surface area contributed by atoms with Gasteiger partial charge in [-0.1, -0.05) is 30.3 Å². The summed E-state index contributed by atoms with van der Waals surface area (Å²) in [6, 6.07) is 12.5. The maximum atomic E-state index is 13.5. The van der Waals surface area contributed by atoms with E-state index in [1.165, 1.54) is 6.07 Å². The molecule has 0 spiro atoms. The summed E-state index contributed by atoms with van der Waals surface area (Å²) in [4.78, 5) is 0. The highest BCUT2D eigenvalue weighted by atomic mass is 127. The Morgan fingerprint density at radius 3 is 2.59 bits per heavy atom. The number of nitrogen functional groups attached to an aromatic ring is 1. The van der Waals surface area contributed by atoms with Crippen LogP contribution >= 0.6 is 22.6 Å². The Hall–Kier alpha value is -1.30. The molecule has 2 rings (SSSR count). The molecule has 2 aromatic rings. The van der Waals surface area contributed by atoms with E-state index in [1.54, 1.807) is 6.07 Å². The summed E-state index contributed by atoms with van der Waals surface area (Å²) in [5.41, 5.74) is 7.02. The van der Waals surface area contributed by atoms with Crippen LogP contribution in [0.25, 0.3) is 0 Å². The third-order valence-electron chi connectivity index (χ3n) is 2.29. The number of hydrogen-bond acceptors (Lipinski definition) is 2. The van der Waals surface area contributed by atoms with Crippen molar-refractivity contribution in [2.45, 2.75) is 6.61 Å². The summed E-state index contributed by atoms with van der Waals surface area (Å²) in [6.45, 7) is 0.345. The van der Waals surface area contributed by atoms with Gasteiger partial charge in [0, 0.05) is 15.3 Å². The highest BCUT2D eigenvalue weighted by Crippen LogP contribution is 2.25. The van der Waals surface area contributed by atoms with Gasteiger partial charge in [0.15, 0.2) is 11.6 Å². The van der Waals surface area contributed by atoms with Gasteiger partial charge in [-0.3, -0.25) is 0 Å². The van der Waals surface area contributed by atoms with Gasteiger partial charge in [-0.05, 0) is 34.2 Å². The number of ether oxygens (including phenoxy) is 1. The zero-order chi connectivity index (χ0) is 12.3. The van der Waals surface area contributed by atoms with E-state index in [0.29, 0.717) is 12.3 Å². The molecular formula is C13H11FINO. The predicted molar refractivity (Wildman–Crippen MR) is 74.3 cm³/mol. The molecule has 2 aromatic carbocycles. The van der Waals surface area contributed by atoms with Gasteiger partial charge in [-0.15, -0.1) is 0 Å². The molecule has 0 atom stereocenters. The zero-order valence-electron chi connectivity index (χ0n) is 8.99. The molecule has 4 heteroatoms. The van der Waals surface area contributed by atoms with E-state index in [-0.39, 0.29) is 5.75 Å². The first-order valence-corrected chi connectivity index (χ1v) is 6.16. The molecule has 0 saturated heterocycles. The average molecular weight is 343 g/mol. The van der Waals surface area contributed by atoms with Gasteiger partial charge in [0.05, 0.1) is 0 Å². The van der Waals surface area contributed by atoms with Crippen LogP contribution in [0.2, 0.25) is 0 Å². The van der Waals surface area contributed by atoms with Crippen LogP contribution < -0.4 is 10.5 Å². The lowest BCUT2D eigenvalue weighted by Crippen LogP contribution is -1.99. The van der Waals surface area contributed by atoms with E-state index in [4.69, 9.17) is 10.5 Å². The summed E-state index contributed by atoms with van der Waals surface area (Å²) >= 11 is 2.05. The van der Waals surface area contributed by atoms with Crippen molar-refractivity contribution in [1.82, 2.24) is 0 Å². The van der Waals surface area contributed by atoms with Gasteiger partial charge in [0.25, 0.3) is 0 Å². The molecule has 0 saturated carbocycles. The van der Waals surface area contributed by atoms with Crippen molar-refractivity contribution in [3.05, 3.63) is 57.4 Å². The van der Waals surface area contributed by atoms with Gasteiger partial charge >= 0.3 is 0 Å². The number of rotatable bonds is 3. The fraction of sp³-hybridized carbons (Fsp3) is 0.0769. The van der Waals surface area contributed by atoms with Crippen molar-refractivity contribution in [2.24, 2.45) is 0 Å². The summed E-state index contributed by atoms with van der Waals surface area (Å²) in [5.74, 6) is -0.202. The normalized spacial score (nSPS) is 10.2. The summed E-state index contributed by atoms with van der Waals surface area (Å²) in [6.07, 6.45) is 0. The number of anilines is 1. The fourth-order valence-corrected chi connectivity index (χ4v) is 1.83. The van der Waals surface area contributed by atoms with E-state index in [1.807, 2.05) is 52.9 Å². The van der Waals surface area contributed by atoms with Crippen LogP contribution in [0.5, 0.6) is 5.75 Å². The molecule has 0 heterocycles. The molecule has 0 aliphatic rings. The molecule has 0 aliphatic carbocycles. The van der Waals surface area contributed by atoms with Gasteiger partial charge in [-0.2, -0.15) is 0 Å². The van der Waals surface area contributed by atoms with E-state index >= 15 is 0 Å². The predicted octanol–water partition coefficient (Wildman–Crippen LogP) is 3.59. The topological polar surface area (TPSA) is 35.2 Å². The summed E-state index contributed by atoms with van der Waals surface area (Å²) in [7, 11) is 0. The molecule has 2 N–H and O–H groups in total. The summed E-state index contributed by atoms with van der Waals surface area (Å²) < 4.78 is 19.7. The van der Waals surface area contributed by atoms with Crippen molar-refractivity contribution in [3.63, 3.8) is 0 Å². The van der Waals surface area contributed by atoms with E-state index in [0.717, 1.165) is 9.13 Å². The number of benzene rings is 2. The van der Waals surface area contributed by atoms with Crippen LogP contribution in [-0.2, 0) is 6.61 Å². The Morgan fingerprint density at radius 1 is 1.18 bits per heavy atom. The van der Waals surface area contributed by atoms with Crippen LogP contribution in [0.3, 0.4) is 0 Å². The van der Waals surface area contributed by atoms with Crippen LogP contribution in [-0.4, -0.2) is 0 Å². The van der Waals surface area contributed by atoms with E-state index in [2.05, 4.69) is 0 Å². The quantitative estimate of drug-likeness (QED) is 0.683. The van der Waals surface area contributed by atoms with Gasteiger partial charge < -0.3 is 10.5 Å². The Bertz CT molecular complexity index is 516. The first kappa shape index (κ1) is 12.2. The third kappa shape index (κ3) is 3.09. The number of nitrogens with two attached hydrogens (primary N) is 1. The minimum Gasteiger partial charge on any atom is -0.486 e. The first-order chi connectivity index (χ1) is 8.16.